The average molecular weight is 282 g/mol. The van der Waals surface area contributed by atoms with Crippen molar-refractivity contribution in [3.05, 3.63) is 47.0 Å². The van der Waals surface area contributed by atoms with E-state index in [0.29, 0.717) is 0 Å². The highest BCUT2D eigenvalue weighted by Gasteiger charge is 2.43. The molecule has 0 bridgehead atoms. The number of hydrogen-bond acceptors (Lipinski definition) is 3. The van der Waals surface area contributed by atoms with Crippen LogP contribution in [-0.2, 0) is 25.0 Å². The lowest BCUT2D eigenvalue weighted by atomic mass is 10.0. The van der Waals surface area contributed by atoms with Gasteiger partial charge in [-0.2, -0.15) is 5.10 Å². The molecule has 1 fully saturated rings. The molecule has 4 nitrogen and oxygen atoms in total. The Bertz CT molecular complexity index is 640. The Labute approximate surface area is 125 Å². The van der Waals surface area contributed by atoms with E-state index in [1.54, 1.807) is 0 Å². The second-order valence-corrected chi connectivity index (χ2v) is 6.37. The van der Waals surface area contributed by atoms with Crippen LogP contribution >= 0.6 is 0 Å². The lowest BCUT2D eigenvalue weighted by molar-refractivity contribution is 0.473. The van der Waals surface area contributed by atoms with Gasteiger partial charge in [0.25, 0.3) is 0 Å². The van der Waals surface area contributed by atoms with Crippen LogP contribution in [0.25, 0.3) is 0 Å². The van der Waals surface area contributed by atoms with Crippen LogP contribution < -0.4 is 5.32 Å². The number of nitrogens with zero attached hydrogens (tertiary/aromatic N) is 3. The van der Waals surface area contributed by atoms with Crippen LogP contribution in [0.1, 0.15) is 48.2 Å². The quantitative estimate of drug-likeness (QED) is 0.937. The monoisotopic (exact) mass is 282 g/mol. The number of aromatic nitrogens is 3. The molecule has 0 aromatic carbocycles. The lowest BCUT2D eigenvalue weighted by Crippen LogP contribution is -2.28. The molecule has 0 radical (unpaired) electrons. The normalized spacial score (nSPS) is 19.3. The number of pyridine rings is 1. The van der Waals surface area contributed by atoms with Crippen molar-refractivity contribution in [1.29, 1.82) is 0 Å². The lowest BCUT2D eigenvalue weighted by Gasteiger charge is -2.17. The molecule has 2 aromatic rings. The molecule has 2 aromatic heterocycles. The number of rotatable bonds is 4. The minimum absolute atomic E-state index is 0.166. The molecule has 1 N–H and O–H groups in total. The number of hydrogen-bond donors (Lipinski definition) is 1. The Hall–Kier alpha value is -1.68. The predicted molar refractivity (Wildman–Crippen MR) is 81.9 cm³/mol. The van der Waals surface area contributed by atoms with E-state index in [-0.39, 0.29) is 5.54 Å². The van der Waals surface area contributed by atoms with Gasteiger partial charge in [-0.25, -0.2) is 0 Å². The van der Waals surface area contributed by atoms with Gasteiger partial charge >= 0.3 is 0 Å². The Morgan fingerprint density at radius 1 is 1.24 bits per heavy atom. The third-order valence-electron chi connectivity index (χ3n) is 5.03. The molecule has 21 heavy (non-hydrogen) atoms. The first-order valence-electron chi connectivity index (χ1n) is 7.99. The van der Waals surface area contributed by atoms with E-state index in [2.05, 4.69) is 34.0 Å². The topological polar surface area (TPSA) is 42.7 Å². The van der Waals surface area contributed by atoms with Crippen molar-refractivity contribution in [3.8, 4) is 0 Å². The smallest absolute Gasteiger partial charge is 0.0794 e. The molecule has 0 unspecified atom stereocenters. The molecule has 4 heteroatoms. The molecule has 0 saturated heterocycles. The highest BCUT2D eigenvalue weighted by Crippen LogP contribution is 2.45. The van der Waals surface area contributed by atoms with Crippen LogP contribution in [0, 0.1) is 6.92 Å². The van der Waals surface area contributed by atoms with Crippen LogP contribution in [0.3, 0.4) is 0 Å². The zero-order valence-electron chi connectivity index (χ0n) is 12.6. The number of aryl methyl sites for hydroxylation is 1. The standard InChI is InChI=1S/C17H22N4/c1-13-15(20-21-11-3-2-4-16(13)21)12-19-17(7-8-17)14-5-9-18-10-6-14/h5-6,9-10,19H,2-4,7-8,11-12H2,1H3. The summed E-state index contributed by atoms with van der Waals surface area (Å²) in [6, 6.07) is 4.26. The van der Waals surface area contributed by atoms with E-state index in [4.69, 9.17) is 5.10 Å². The third-order valence-corrected chi connectivity index (χ3v) is 5.03. The summed E-state index contributed by atoms with van der Waals surface area (Å²) >= 11 is 0. The minimum atomic E-state index is 0.166. The fourth-order valence-electron chi connectivity index (χ4n) is 3.48. The van der Waals surface area contributed by atoms with Gasteiger partial charge in [0, 0.05) is 36.7 Å². The van der Waals surface area contributed by atoms with Crippen molar-refractivity contribution in [3.63, 3.8) is 0 Å². The molecular weight excluding hydrogens is 260 g/mol. The number of fused-ring (bicyclic) bond motifs is 1. The van der Waals surface area contributed by atoms with Gasteiger partial charge in [0.2, 0.25) is 0 Å². The molecule has 4 rings (SSSR count). The zero-order chi connectivity index (χ0) is 14.3. The van der Waals surface area contributed by atoms with E-state index in [1.165, 1.54) is 54.6 Å². The maximum absolute atomic E-state index is 4.82. The van der Waals surface area contributed by atoms with E-state index in [1.807, 2.05) is 12.4 Å². The molecule has 0 amide bonds. The molecule has 0 atom stereocenters. The highest BCUT2D eigenvalue weighted by molar-refractivity contribution is 5.30. The number of nitrogens with one attached hydrogen (secondary N) is 1. The van der Waals surface area contributed by atoms with Crippen LogP contribution in [0.15, 0.2) is 24.5 Å². The maximum atomic E-state index is 4.82. The fourth-order valence-corrected chi connectivity index (χ4v) is 3.48. The molecule has 1 aliphatic heterocycles. The maximum Gasteiger partial charge on any atom is 0.0794 e. The first-order chi connectivity index (χ1) is 10.3. The summed E-state index contributed by atoms with van der Waals surface area (Å²) in [7, 11) is 0. The Balaban J connectivity index is 1.52. The van der Waals surface area contributed by atoms with Crippen molar-refractivity contribution in [2.75, 3.05) is 0 Å². The summed E-state index contributed by atoms with van der Waals surface area (Å²) in [6.45, 7) is 4.19. The van der Waals surface area contributed by atoms with Crippen LogP contribution in [0.5, 0.6) is 0 Å². The first-order valence-corrected chi connectivity index (χ1v) is 7.99. The second kappa shape index (κ2) is 4.95. The largest absolute Gasteiger partial charge is 0.302 e. The zero-order valence-corrected chi connectivity index (χ0v) is 12.6. The van der Waals surface area contributed by atoms with Gasteiger partial charge in [-0.1, -0.05) is 0 Å². The Morgan fingerprint density at radius 3 is 2.76 bits per heavy atom. The van der Waals surface area contributed by atoms with Gasteiger partial charge in [-0.05, 0) is 62.3 Å². The summed E-state index contributed by atoms with van der Waals surface area (Å²) in [4.78, 5) is 4.12. The van der Waals surface area contributed by atoms with Gasteiger partial charge in [0.1, 0.15) is 0 Å². The third kappa shape index (κ3) is 2.27. The second-order valence-electron chi connectivity index (χ2n) is 6.37. The highest BCUT2D eigenvalue weighted by atomic mass is 15.3. The summed E-state index contributed by atoms with van der Waals surface area (Å²) in [5, 5.41) is 8.57. The van der Waals surface area contributed by atoms with Crippen molar-refractivity contribution >= 4 is 0 Å². The van der Waals surface area contributed by atoms with E-state index >= 15 is 0 Å². The van der Waals surface area contributed by atoms with E-state index in [9.17, 15) is 0 Å². The van der Waals surface area contributed by atoms with E-state index < -0.39 is 0 Å². The summed E-state index contributed by atoms with van der Waals surface area (Å²) < 4.78 is 2.22. The predicted octanol–water partition coefficient (Wildman–Crippen LogP) is 2.70. The van der Waals surface area contributed by atoms with Crippen LogP contribution in [0.2, 0.25) is 0 Å². The minimum Gasteiger partial charge on any atom is -0.302 e. The van der Waals surface area contributed by atoms with Gasteiger partial charge in [0.05, 0.1) is 5.69 Å². The molecule has 0 spiro atoms. The van der Waals surface area contributed by atoms with Gasteiger partial charge < -0.3 is 5.32 Å². The Kier molecular flexibility index (Phi) is 3.07. The SMILES string of the molecule is Cc1c(CNC2(c3ccncc3)CC2)nn2c1CCCC2. The molecule has 110 valence electrons. The van der Waals surface area contributed by atoms with Crippen molar-refractivity contribution in [2.45, 2.75) is 57.7 Å². The van der Waals surface area contributed by atoms with Crippen molar-refractivity contribution < 1.29 is 0 Å². The van der Waals surface area contributed by atoms with Gasteiger partial charge in [-0.15, -0.1) is 0 Å². The van der Waals surface area contributed by atoms with Crippen molar-refractivity contribution in [2.24, 2.45) is 0 Å². The molecule has 3 heterocycles. The first kappa shape index (κ1) is 13.0. The van der Waals surface area contributed by atoms with Crippen LogP contribution in [0.4, 0.5) is 0 Å². The Morgan fingerprint density at radius 2 is 2.05 bits per heavy atom. The van der Waals surface area contributed by atoms with E-state index in [0.717, 1.165) is 13.1 Å². The van der Waals surface area contributed by atoms with Gasteiger partial charge in [0.15, 0.2) is 0 Å². The molecular formula is C17H22N4. The molecule has 1 saturated carbocycles. The summed E-state index contributed by atoms with van der Waals surface area (Å²) in [5.41, 5.74) is 5.60. The van der Waals surface area contributed by atoms with Crippen LogP contribution in [-0.4, -0.2) is 14.8 Å². The average Bonchev–Trinajstić information content (AvgIpc) is 3.27. The summed E-state index contributed by atoms with van der Waals surface area (Å²) in [6.07, 6.45) is 9.96. The van der Waals surface area contributed by atoms with Gasteiger partial charge in [-0.3, -0.25) is 9.67 Å². The van der Waals surface area contributed by atoms with Crippen molar-refractivity contribution in [1.82, 2.24) is 20.1 Å². The summed E-state index contributed by atoms with van der Waals surface area (Å²) in [5.74, 6) is 0. The molecule has 1 aliphatic carbocycles. The molecule has 2 aliphatic rings. The fraction of sp³-hybridized carbons (Fsp3) is 0.529.